The lowest BCUT2D eigenvalue weighted by atomic mass is 9.97. The molecule has 1 atom stereocenters. The van der Waals surface area contributed by atoms with Crippen LogP contribution in [0.25, 0.3) is 0 Å². The van der Waals surface area contributed by atoms with Gasteiger partial charge >= 0.3 is 5.97 Å². The molecule has 0 aliphatic carbocycles. The van der Waals surface area contributed by atoms with Crippen LogP contribution in [0.3, 0.4) is 0 Å². The molecule has 0 spiro atoms. The second-order valence-corrected chi connectivity index (χ2v) is 9.34. The highest BCUT2D eigenvalue weighted by molar-refractivity contribution is 7.91. The summed E-state index contributed by atoms with van der Waals surface area (Å²) < 4.78 is 23.7. The molecule has 0 bridgehead atoms. The molecule has 1 N–H and O–H groups in total. The minimum Gasteiger partial charge on any atom is -0.481 e. The molecule has 26 heavy (non-hydrogen) atoms. The number of carboxylic acids is 1. The van der Waals surface area contributed by atoms with Gasteiger partial charge in [-0.2, -0.15) is 4.98 Å². The maximum Gasteiger partial charge on any atom is 0.306 e. The van der Waals surface area contributed by atoms with Gasteiger partial charge in [-0.3, -0.25) is 4.79 Å². The standard InChI is InChI=1S/C17H26N4O4S/c1-3-21(14-6-9-26(24,25)11-14)17-18-12(2)10-15(19-17)20-7-4-13(5-8-20)16(22)23/h10,13-14H,3-9,11H2,1-2H3,(H,22,23). The second kappa shape index (κ2) is 7.38. The first-order chi connectivity index (χ1) is 12.3. The van der Waals surface area contributed by atoms with Gasteiger partial charge in [0.25, 0.3) is 0 Å². The molecule has 8 nitrogen and oxygen atoms in total. The summed E-state index contributed by atoms with van der Waals surface area (Å²) in [4.78, 5) is 24.4. The number of piperidine rings is 1. The van der Waals surface area contributed by atoms with Crippen molar-refractivity contribution in [3.8, 4) is 0 Å². The topological polar surface area (TPSA) is 104 Å². The van der Waals surface area contributed by atoms with E-state index in [1.165, 1.54) is 0 Å². The molecule has 9 heteroatoms. The summed E-state index contributed by atoms with van der Waals surface area (Å²) in [6.45, 7) is 5.82. The van der Waals surface area contributed by atoms with Gasteiger partial charge in [0, 0.05) is 37.4 Å². The highest BCUT2D eigenvalue weighted by Gasteiger charge is 2.33. The summed E-state index contributed by atoms with van der Waals surface area (Å²) in [6.07, 6.45) is 1.81. The first-order valence-electron chi connectivity index (χ1n) is 9.09. The summed E-state index contributed by atoms with van der Waals surface area (Å²) >= 11 is 0. The van der Waals surface area contributed by atoms with Crippen molar-refractivity contribution in [1.29, 1.82) is 0 Å². The van der Waals surface area contributed by atoms with Crippen LogP contribution in [0.15, 0.2) is 6.07 Å². The van der Waals surface area contributed by atoms with Crippen molar-refractivity contribution in [3.05, 3.63) is 11.8 Å². The number of aryl methyl sites for hydroxylation is 1. The van der Waals surface area contributed by atoms with Crippen molar-refractivity contribution in [2.24, 2.45) is 5.92 Å². The quantitative estimate of drug-likeness (QED) is 0.807. The monoisotopic (exact) mass is 382 g/mol. The number of sulfone groups is 1. The first kappa shape index (κ1) is 18.9. The van der Waals surface area contributed by atoms with Crippen molar-refractivity contribution in [2.75, 3.05) is 40.9 Å². The Morgan fingerprint density at radius 3 is 2.54 bits per heavy atom. The van der Waals surface area contributed by atoms with E-state index in [4.69, 9.17) is 5.11 Å². The molecular weight excluding hydrogens is 356 g/mol. The van der Waals surface area contributed by atoms with Crippen LogP contribution in [-0.2, 0) is 14.6 Å². The van der Waals surface area contributed by atoms with Crippen molar-refractivity contribution in [2.45, 2.75) is 39.2 Å². The average Bonchev–Trinajstić information content (AvgIpc) is 2.95. The van der Waals surface area contributed by atoms with Crippen LogP contribution in [0.5, 0.6) is 0 Å². The summed E-state index contributed by atoms with van der Waals surface area (Å²) in [5.41, 5.74) is 0.824. The fourth-order valence-corrected chi connectivity index (χ4v) is 5.50. The highest BCUT2D eigenvalue weighted by Crippen LogP contribution is 2.26. The molecule has 2 fully saturated rings. The highest BCUT2D eigenvalue weighted by atomic mass is 32.2. The summed E-state index contributed by atoms with van der Waals surface area (Å²) in [5.74, 6) is 0.696. The number of rotatable bonds is 5. The molecule has 2 aliphatic rings. The number of anilines is 2. The number of nitrogens with zero attached hydrogens (tertiary/aromatic N) is 4. The Kier molecular flexibility index (Phi) is 5.36. The van der Waals surface area contributed by atoms with Crippen LogP contribution in [0.2, 0.25) is 0 Å². The first-order valence-corrected chi connectivity index (χ1v) is 10.9. The third-order valence-corrected chi connectivity index (χ3v) is 6.99. The maximum atomic E-state index is 11.8. The molecule has 3 heterocycles. The summed E-state index contributed by atoms with van der Waals surface area (Å²) in [5, 5.41) is 9.15. The lowest BCUT2D eigenvalue weighted by molar-refractivity contribution is -0.142. The van der Waals surface area contributed by atoms with Crippen molar-refractivity contribution >= 4 is 27.6 Å². The van der Waals surface area contributed by atoms with E-state index >= 15 is 0 Å². The van der Waals surface area contributed by atoms with Crippen molar-refractivity contribution in [3.63, 3.8) is 0 Å². The minimum atomic E-state index is -2.98. The van der Waals surface area contributed by atoms with E-state index in [2.05, 4.69) is 14.9 Å². The summed E-state index contributed by atoms with van der Waals surface area (Å²) in [7, 11) is -2.98. The van der Waals surface area contributed by atoms with E-state index in [0.717, 1.165) is 11.5 Å². The summed E-state index contributed by atoms with van der Waals surface area (Å²) in [6, 6.07) is 1.82. The number of carboxylic acid groups (broad SMARTS) is 1. The van der Waals surface area contributed by atoms with Crippen LogP contribution in [-0.4, -0.2) is 66.6 Å². The van der Waals surface area contributed by atoms with E-state index in [-0.39, 0.29) is 23.5 Å². The van der Waals surface area contributed by atoms with Crippen LogP contribution in [0, 0.1) is 12.8 Å². The SMILES string of the molecule is CCN(c1nc(C)cc(N2CCC(C(=O)O)CC2)n1)C1CCS(=O)(=O)C1. The van der Waals surface area contributed by atoms with Gasteiger partial charge in [0.1, 0.15) is 5.82 Å². The van der Waals surface area contributed by atoms with Crippen LogP contribution in [0.1, 0.15) is 31.9 Å². The number of hydrogen-bond donors (Lipinski definition) is 1. The minimum absolute atomic E-state index is 0.0857. The van der Waals surface area contributed by atoms with Crippen LogP contribution in [0.4, 0.5) is 11.8 Å². The van der Waals surface area contributed by atoms with Gasteiger partial charge in [0.2, 0.25) is 5.95 Å². The predicted molar refractivity (Wildman–Crippen MR) is 99.4 cm³/mol. The van der Waals surface area contributed by atoms with E-state index in [0.29, 0.717) is 44.8 Å². The van der Waals surface area contributed by atoms with Crippen molar-refractivity contribution in [1.82, 2.24) is 9.97 Å². The van der Waals surface area contributed by atoms with Gasteiger partial charge < -0.3 is 14.9 Å². The van der Waals surface area contributed by atoms with E-state index < -0.39 is 15.8 Å². The molecule has 1 unspecified atom stereocenters. The fourth-order valence-electron chi connectivity index (χ4n) is 3.77. The third kappa shape index (κ3) is 4.08. The van der Waals surface area contributed by atoms with Crippen LogP contribution < -0.4 is 9.80 Å². The number of aromatic nitrogens is 2. The molecule has 2 saturated heterocycles. The number of hydrogen-bond acceptors (Lipinski definition) is 7. The zero-order valence-corrected chi connectivity index (χ0v) is 16.1. The van der Waals surface area contributed by atoms with Gasteiger partial charge in [0.05, 0.1) is 17.4 Å². The van der Waals surface area contributed by atoms with Gasteiger partial charge in [-0.1, -0.05) is 0 Å². The van der Waals surface area contributed by atoms with E-state index in [1.807, 2.05) is 24.8 Å². The average molecular weight is 382 g/mol. The Bertz CT molecular complexity index is 775. The zero-order valence-electron chi connectivity index (χ0n) is 15.3. The smallest absolute Gasteiger partial charge is 0.306 e. The van der Waals surface area contributed by atoms with E-state index in [1.54, 1.807) is 0 Å². The molecule has 1 aromatic heterocycles. The van der Waals surface area contributed by atoms with Gasteiger partial charge in [0.15, 0.2) is 9.84 Å². The normalized spacial score (nSPS) is 23.2. The molecule has 3 rings (SSSR count). The van der Waals surface area contributed by atoms with Gasteiger partial charge in [-0.25, -0.2) is 13.4 Å². The largest absolute Gasteiger partial charge is 0.481 e. The maximum absolute atomic E-state index is 11.8. The second-order valence-electron chi connectivity index (χ2n) is 7.11. The molecule has 2 aliphatic heterocycles. The molecule has 1 aromatic rings. The third-order valence-electron chi connectivity index (χ3n) is 5.24. The molecular formula is C17H26N4O4S. The van der Waals surface area contributed by atoms with Gasteiger partial charge in [-0.15, -0.1) is 0 Å². The van der Waals surface area contributed by atoms with Crippen LogP contribution >= 0.6 is 0 Å². The Morgan fingerprint density at radius 1 is 1.31 bits per heavy atom. The Labute approximate surface area is 154 Å². The Balaban J connectivity index is 1.80. The Hall–Kier alpha value is -1.90. The lowest BCUT2D eigenvalue weighted by Gasteiger charge is -2.32. The molecule has 0 radical (unpaired) electrons. The number of carbonyl (C=O) groups is 1. The van der Waals surface area contributed by atoms with E-state index in [9.17, 15) is 13.2 Å². The van der Waals surface area contributed by atoms with Gasteiger partial charge in [-0.05, 0) is 33.1 Å². The zero-order chi connectivity index (χ0) is 18.9. The molecule has 0 aromatic carbocycles. The van der Waals surface area contributed by atoms with Crippen molar-refractivity contribution < 1.29 is 18.3 Å². The Morgan fingerprint density at radius 2 is 2.00 bits per heavy atom. The lowest BCUT2D eigenvalue weighted by Crippen LogP contribution is -2.39. The molecule has 0 saturated carbocycles. The fraction of sp³-hybridized carbons (Fsp3) is 0.706. The molecule has 0 amide bonds. The molecule has 144 valence electrons. The number of aliphatic carboxylic acids is 1. The predicted octanol–water partition coefficient (Wildman–Crippen LogP) is 1.10.